The molecule has 2 aromatic carbocycles. The zero-order chi connectivity index (χ0) is 21.1. The first kappa shape index (κ1) is 19.3. The second kappa shape index (κ2) is 7.79. The van der Waals surface area contributed by atoms with Crippen molar-refractivity contribution in [2.45, 2.75) is 12.8 Å². The summed E-state index contributed by atoms with van der Waals surface area (Å²) in [5, 5.41) is 13.5. The number of halogens is 3. The molecule has 0 saturated carbocycles. The highest BCUT2D eigenvalue weighted by Gasteiger charge is 2.29. The van der Waals surface area contributed by atoms with Crippen molar-refractivity contribution in [1.29, 1.82) is 5.26 Å². The van der Waals surface area contributed by atoms with Gasteiger partial charge in [0.1, 0.15) is 29.9 Å². The van der Waals surface area contributed by atoms with Crippen LogP contribution in [0.2, 0.25) is 0 Å². The maximum absolute atomic E-state index is 12.7. The molecule has 0 radical (unpaired) electrons. The molecule has 0 aliphatic rings. The molecule has 0 aliphatic carbocycles. The van der Waals surface area contributed by atoms with E-state index in [1.165, 1.54) is 18.2 Å². The molecule has 0 fully saturated rings. The number of hydrogen-bond donors (Lipinski definition) is 2. The van der Waals surface area contributed by atoms with Gasteiger partial charge in [-0.05, 0) is 41.3 Å². The Hall–Kier alpha value is -3.99. The van der Waals surface area contributed by atoms with Gasteiger partial charge in [0.2, 0.25) is 0 Å². The molecule has 2 heterocycles. The molecule has 0 unspecified atom stereocenters. The summed E-state index contributed by atoms with van der Waals surface area (Å²) < 4.78 is 43.7. The minimum Gasteiger partial charge on any atom is -0.489 e. The number of nitrogens with one attached hydrogen (secondary N) is 2. The van der Waals surface area contributed by atoms with Gasteiger partial charge in [-0.3, -0.25) is 0 Å². The van der Waals surface area contributed by atoms with E-state index in [4.69, 9.17) is 4.74 Å². The molecule has 5 nitrogen and oxygen atoms in total. The Kier molecular flexibility index (Phi) is 5.02. The number of anilines is 2. The molecule has 2 N–H and O–H groups in total. The minimum absolute atomic E-state index is 0.0564. The molecular formula is C22H15F3N4O. The maximum Gasteiger partial charge on any atom is 0.416 e. The predicted molar refractivity (Wildman–Crippen MR) is 106 cm³/mol. The van der Waals surface area contributed by atoms with Gasteiger partial charge >= 0.3 is 6.18 Å². The number of fused-ring (bicyclic) bond motifs is 1. The quantitative estimate of drug-likeness (QED) is 0.439. The Labute approximate surface area is 169 Å². The van der Waals surface area contributed by atoms with Crippen LogP contribution in [0.15, 0.2) is 66.9 Å². The number of aromatic nitrogens is 2. The summed E-state index contributed by atoms with van der Waals surface area (Å²) in [4.78, 5) is 7.34. The summed E-state index contributed by atoms with van der Waals surface area (Å²) >= 11 is 0. The Morgan fingerprint density at radius 3 is 2.57 bits per heavy atom. The Morgan fingerprint density at radius 1 is 1.03 bits per heavy atom. The van der Waals surface area contributed by atoms with Gasteiger partial charge in [-0.1, -0.05) is 18.2 Å². The van der Waals surface area contributed by atoms with Gasteiger partial charge in [-0.15, -0.1) is 0 Å². The lowest BCUT2D eigenvalue weighted by Crippen LogP contribution is -2.05. The summed E-state index contributed by atoms with van der Waals surface area (Å²) in [5.41, 5.74) is 1.75. The molecule has 4 aromatic rings. The average Bonchev–Trinajstić information content (AvgIpc) is 3.19. The van der Waals surface area contributed by atoms with E-state index in [2.05, 4.69) is 15.3 Å². The van der Waals surface area contributed by atoms with Crippen LogP contribution in [-0.4, -0.2) is 9.97 Å². The van der Waals surface area contributed by atoms with Crippen LogP contribution in [0.25, 0.3) is 10.9 Å². The smallest absolute Gasteiger partial charge is 0.416 e. The van der Waals surface area contributed by atoms with Crippen molar-refractivity contribution in [3.8, 4) is 11.8 Å². The van der Waals surface area contributed by atoms with E-state index in [9.17, 15) is 18.4 Å². The van der Waals surface area contributed by atoms with Crippen LogP contribution in [0.5, 0.6) is 5.75 Å². The Morgan fingerprint density at radius 2 is 1.83 bits per heavy atom. The number of aromatic amines is 1. The van der Waals surface area contributed by atoms with E-state index in [1.807, 2.05) is 36.5 Å². The van der Waals surface area contributed by atoms with E-state index in [1.54, 1.807) is 6.07 Å². The molecule has 0 amide bonds. The maximum atomic E-state index is 12.7. The van der Waals surface area contributed by atoms with Crippen LogP contribution in [0.1, 0.15) is 16.8 Å². The monoisotopic (exact) mass is 408 g/mol. The Bertz CT molecular complexity index is 1220. The van der Waals surface area contributed by atoms with Crippen LogP contribution in [0, 0.1) is 11.3 Å². The van der Waals surface area contributed by atoms with E-state index in [0.29, 0.717) is 17.1 Å². The van der Waals surface area contributed by atoms with Gasteiger partial charge in [0.25, 0.3) is 0 Å². The fraction of sp³-hybridized carbons (Fsp3) is 0.0909. The lowest BCUT2D eigenvalue weighted by atomic mass is 10.1. The number of H-pyrrole nitrogens is 1. The largest absolute Gasteiger partial charge is 0.489 e. The fourth-order valence-electron chi connectivity index (χ4n) is 2.94. The number of ether oxygens (including phenoxy) is 1. The number of nitriles is 1. The summed E-state index contributed by atoms with van der Waals surface area (Å²) in [7, 11) is 0. The third-order valence-corrected chi connectivity index (χ3v) is 4.43. The Balaban J connectivity index is 1.50. The first-order valence-electron chi connectivity index (χ1n) is 8.96. The number of pyridine rings is 1. The van der Waals surface area contributed by atoms with Crippen molar-refractivity contribution in [2.24, 2.45) is 0 Å². The first-order chi connectivity index (χ1) is 14.4. The van der Waals surface area contributed by atoms with Crippen molar-refractivity contribution < 1.29 is 17.9 Å². The standard InChI is InChI=1S/C22H15F3N4O/c23-22(24,25)16-4-1-14(2-5-16)13-30-19-9-18(12-26)29-21(11-19)28-17-6-3-15-7-8-27-20(15)10-17/h1-11,27H,13H2,(H,28,29). The highest BCUT2D eigenvalue weighted by atomic mass is 19.4. The van der Waals surface area contributed by atoms with Gasteiger partial charge in [-0.2, -0.15) is 18.4 Å². The predicted octanol–water partition coefficient (Wildman–Crippen LogP) is 5.78. The first-order valence-corrected chi connectivity index (χ1v) is 8.96. The number of nitrogens with zero attached hydrogens (tertiary/aromatic N) is 2. The van der Waals surface area contributed by atoms with Crippen LogP contribution in [-0.2, 0) is 12.8 Å². The van der Waals surface area contributed by atoms with Crippen LogP contribution in [0.4, 0.5) is 24.7 Å². The van der Waals surface area contributed by atoms with E-state index < -0.39 is 11.7 Å². The van der Waals surface area contributed by atoms with Crippen molar-refractivity contribution in [1.82, 2.24) is 9.97 Å². The van der Waals surface area contributed by atoms with E-state index >= 15 is 0 Å². The van der Waals surface area contributed by atoms with Crippen LogP contribution < -0.4 is 10.1 Å². The summed E-state index contributed by atoms with van der Waals surface area (Å²) in [6.07, 6.45) is -2.54. The molecule has 150 valence electrons. The van der Waals surface area contributed by atoms with Gasteiger partial charge in [0.15, 0.2) is 0 Å². The summed E-state index contributed by atoms with van der Waals surface area (Å²) in [6, 6.07) is 17.5. The van der Waals surface area contributed by atoms with Gasteiger partial charge in [0, 0.05) is 29.5 Å². The van der Waals surface area contributed by atoms with Crippen molar-refractivity contribution >= 4 is 22.4 Å². The normalized spacial score (nSPS) is 11.3. The zero-order valence-corrected chi connectivity index (χ0v) is 15.5. The summed E-state index contributed by atoms with van der Waals surface area (Å²) in [5.74, 6) is 0.798. The number of alkyl halides is 3. The van der Waals surface area contributed by atoms with E-state index in [-0.39, 0.29) is 12.3 Å². The van der Waals surface area contributed by atoms with E-state index in [0.717, 1.165) is 28.7 Å². The molecular weight excluding hydrogens is 393 g/mol. The number of rotatable bonds is 5. The van der Waals surface area contributed by atoms with Crippen molar-refractivity contribution in [3.63, 3.8) is 0 Å². The highest BCUT2D eigenvalue weighted by molar-refractivity contribution is 5.83. The average molecular weight is 408 g/mol. The molecule has 0 saturated heterocycles. The molecule has 8 heteroatoms. The molecule has 0 bridgehead atoms. The molecule has 2 aromatic heterocycles. The third-order valence-electron chi connectivity index (χ3n) is 4.43. The second-order valence-corrected chi connectivity index (χ2v) is 6.57. The molecule has 30 heavy (non-hydrogen) atoms. The molecule has 0 atom stereocenters. The summed E-state index contributed by atoms with van der Waals surface area (Å²) in [6.45, 7) is 0.0564. The van der Waals surface area contributed by atoms with Crippen molar-refractivity contribution in [2.75, 3.05) is 5.32 Å². The number of benzene rings is 2. The second-order valence-electron chi connectivity index (χ2n) is 6.57. The SMILES string of the molecule is N#Cc1cc(OCc2ccc(C(F)(F)F)cc2)cc(Nc2ccc3cc[nH]c3c2)n1. The van der Waals surface area contributed by atoms with Gasteiger partial charge in [0.05, 0.1) is 5.56 Å². The lowest BCUT2D eigenvalue weighted by molar-refractivity contribution is -0.137. The minimum atomic E-state index is -4.38. The fourth-order valence-corrected chi connectivity index (χ4v) is 2.94. The molecule has 4 rings (SSSR count). The van der Waals surface area contributed by atoms with Crippen LogP contribution >= 0.6 is 0 Å². The zero-order valence-electron chi connectivity index (χ0n) is 15.5. The highest BCUT2D eigenvalue weighted by Crippen LogP contribution is 2.29. The van der Waals surface area contributed by atoms with Gasteiger partial charge in [-0.25, -0.2) is 4.98 Å². The molecule has 0 aliphatic heterocycles. The topological polar surface area (TPSA) is 73.7 Å². The number of hydrogen-bond acceptors (Lipinski definition) is 4. The lowest BCUT2D eigenvalue weighted by Gasteiger charge is -2.11. The third kappa shape index (κ3) is 4.36. The van der Waals surface area contributed by atoms with Gasteiger partial charge < -0.3 is 15.0 Å². The van der Waals surface area contributed by atoms with Crippen molar-refractivity contribution in [3.05, 3.63) is 83.7 Å². The molecule has 0 spiro atoms. The van der Waals surface area contributed by atoms with Crippen LogP contribution in [0.3, 0.4) is 0 Å².